The van der Waals surface area contributed by atoms with Crippen LogP contribution in [0.15, 0.2) is 107 Å². The van der Waals surface area contributed by atoms with Crippen molar-refractivity contribution < 1.29 is 53.9 Å². The number of nitrogen functional groups attached to an aromatic ring is 3. The Balaban J connectivity index is 0.000000171. The summed E-state index contributed by atoms with van der Waals surface area (Å²) in [5.41, 5.74) is 13.0. The summed E-state index contributed by atoms with van der Waals surface area (Å²) in [6, 6.07) is 15.1. The molecule has 3 amide bonds. The van der Waals surface area contributed by atoms with Crippen LogP contribution in [0.5, 0.6) is 0 Å². The van der Waals surface area contributed by atoms with Gasteiger partial charge in [-0.3, -0.25) is 57.4 Å². The first-order chi connectivity index (χ1) is 64.0. The Hall–Kier alpha value is -13.8. The van der Waals surface area contributed by atoms with E-state index in [0.29, 0.717) is 50.8 Å². The van der Waals surface area contributed by atoms with E-state index in [2.05, 4.69) is 49.6 Å². The average Bonchev–Trinajstić information content (AvgIpc) is 0.728. The van der Waals surface area contributed by atoms with Crippen LogP contribution in [0.3, 0.4) is 0 Å². The number of rotatable bonds is 15. The van der Waals surface area contributed by atoms with Gasteiger partial charge in [-0.25, -0.2) is 54.5 Å². The number of nitrogens with two attached hydrogens (primary N) is 3. The van der Waals surface area contributed by atoms with E-state index in [1.54, 1.807) is 87.0 Å². The van der Waals surface area contributed by atoms with Crippen molar-refractivity contribution in [3.05, 3.63) is 257 Å². The predicted molar refractivity (Wildman–Crippen MR) is 502 cm³/mol. The third-order valence-electron chi connectivity index (χ3n) is 23.2. The highest BCUT2D eigenvalue weighted by Gasteiger charge is 2.38. The topological polar surface area (TPSA) is 363 Å². The summed E-state index contributed by atoms with van der Waals surface area (Å²) in [5, 5.41) is 27.5. The van der Waals surface area contributed by atoms with Gasteiger partial charge in [-0.05, 0) is 110 Å². The third-order valence-corrected chi connectivity index (χ3v) is 25.1. The van der Waals surface area contributed by atoms with E-state index in [1.807, 2.05) is 59.8 Å². The fourth-order valence-electron chi connectivity index (χ4n) is 16.6. The van der Waals surface area contributed by atoms with Gasteiger partial charge in [0.05, 0.1) is 117 Å². The number of anilines is 6. The molecule has 15 rings (SSSR count). The molecule has 3 saturated heterocycles. The Labute approximate surface area is 794 Å². The van der Waals surface area contributed by atoms with E-state index in [1.165, 1.54) is 50.1 Å². The molecule has 3 aliphatic rings. The lowest BCUT2D eigenvalue weighted by Gasteiger charge is -2.36. The van der Waals surface area contributed by atoms with Crippen molar-refractivity contribution in [1.82, 2.24) is 58.3 Å². The molecule has 12 heterocycles. The van der Waals surface area contributed by atoms with E-state index in [0.717, 1.165) is 0 Å². The van der Waals surface area contributed by atoms with E-state index in [9.17, 15) is 70.9 Å². The zero-order chi connectivity index (χ0) is 98.7. The predicted octanol–water partition coefficient (Wildman–Crippen LogP) is 17.7. The Morgan fingerprint density at radius 2 is 0.600 bits per heavy atom. The molecule has 3 fully saturated rings. The number of nitrogens with zero attached hydrogens (tertiary/aromatic N) is 18. The molecule has 0 radical (unpaired) electrons. The van der Waals surface area contributed by atoms with Crippen LogP contribution in [0.4, 0.5) is 73.6 Å². The minimum Gasteiger partial charge on any atom is -0.396 e. The normalized spacial score (nSPS) is 13.4. The van der Waals surface area contributed by atoms with E-state index in [4.69, 9.17) is 86.8 Å². The van der Waals surface area contributed by atoms with Crippen molar-refractivity contribution >= 4 is 155 Å². The number of benzene rings is 3. The second kappa shape index (κ2) is 39.4. The van der Waals surface area contributed by atoms with Crippen LogP contribution in [-0.4, -0.2) is 155 Å². The maximum Gasteiger partial charge on any atom is 0.276 e. The Morgan fingerprint density at radius 1 is 0.378 bits per heavy atom. The molecule has 0 atom stereocenters. The second-order valence-corrected chi connectivity index (χ2v) is 34.6. The van der Waals surface area contributed by atoms with Crippen molar-refractivity contribution in [2.24, 2.45) is 0 Å². The highest BCUT2D eigenvalue weighted by atomic mass is 35.5. The first kappa shape index (κ1) is 98.7. The van der Waals surface area contributed by atoms with Crippen LogP contribution >= 0.6 is 69.6 Å². The molecular weight excluding hydrogens is 1890 g/mol. The van der Waals surface area contributed by atoms with Crippen molar-refractivity contribution in [2.75, 3.05) is 110 Å². The highest BCUT2D eigenvalue weighted by molar-refractivity contribution is 6.36. The lowest BCUT2D eigenvalue weighted by molar-refractivity contribution is -0.127. The molecule has 12 aromatic rings. The molecule has 9 aromatic heterocycles. The number of halogens is 15. The van der Waals surface area contributed by atoms with Gasteiger partial charge in [-0.15, -0.1) is 0 Å². The SMILES string of the molecule is C=CC(=O)N1CCN(c2c(C#N)c(=O)n(-c3c(C)ccnc3C(C)C)c3nc(-c4c(N)c(F)c(Cl)c(F)c4F)c(Cl)cc23)CC1.C=CC(=O)N1CCN(c2c(C#N)c(=O)n(-c3c(C)ccnc3C(C)C)c3nc(-c4c(N)c(F)c(Cl)c(F)c4F)c(Cl)cc23)CC1.C=CC(=O)N1CCN(c2c(C#N)c(=O)n(-c3c(C)ccnc3C(C)C)c3nc(-c4c(N)c(F)c(Cl)c(F)c4F)c(Cl)cc23)CC1. The van der Waals surface area contributed by atoms with Crippen molar-refractivity contribution in [2.45, 2.75) is 80.1 Å². The number of hydrogen-bond acceptors (Lipinski definition) is 21. The summed E-state index contributed by atoms with van der Waals surface area (Å²) < 4.78 is 138. The van der Waals surface area contributed by atoms with Gasteiger partial charge < -0.3 is 46.6 Å². The van der Waals surface area contributed by atoms with Gasteiger partial charge in [0.2, 0.25) is 17.7 Å². The molecule has 3 aliphatic heterocycles. The number of piperazine rings is 3. The van der Waals surface area contributed by atoms with Gasteiger partial charge >= 0.3 is 0 Å². The number of pyridine rings is 9. The number of carbonyl (C=O) groups is 3. The summed E-state index contributed by atoms with van der Waals surface area (Å²) >= 11 is 36.7. The molecule has 0 bridgehead atoms. The quantitative estimate of drug-likeness (QED) is 0.0282. The molecule has 0 aliphatic carbocycles. The van der Waals surface area contributed by atoms with Gasteiger partial charge in [0.15, 0.2) is 52.4 Å². The Bertz CT molecular complexity index is 6650. The molecule has 696 valence electrons. The average molecular weight is 1970 g/mol. The molecule has 0 saturated carbocycles. The molecule has 0 unspecified atom stereocenters. The molecule has 42 heteroatoms. The first-order valence-electron chi connectivity index (χ1n) is 41.3. The first-order valence-corrected chi connectivity index (χ1v) is 43.6. The van der Waals surface area contributed by atoms with Crippen LogP contribution in [0, 0.1) is 107 Å². The minimum absolute atomic E-state index is 0.0921. The van der Waals surface area contributed by atoms with Gasteiger partial charge in [0.1, 0.15) is 66.9 Å². The summed E-state index contributed by atoms with van der Waals surface area (Å²) in [6.45, 7) is 30.1. The fourth-order valence-corrected chi connectivity index (χ4v) is 17.9. The lowest BCUT2D eigenvalue weighted by Crippen LogP contribution is -2.49. The molecular formula is C93H78Cl6F9N21O6. The Kier molecular flexibility index (Phi) is 28.8. The van der Waals surface area contributed by atoms with Crippen molar-refractivity contribution in [3.8, 4) is 69.0 Å². The summed E-state index contributed by atoms with van der Waals surface area (Å²) in [4.78, 5) is 117. The maximum atomic E-state index is 15.4. The van der Waals surface area contributed by atoms with Crippen LogP contribution < -0.4 is 48.6 Å². The van der Waals surface area contributed by atoms with Gasteiger partial charge in [-0.1, -0.05) is 131 Å². The number of hydrogen-bond donors (Lipinski definition) is 3. The highest BCUT2D eigenvalue weighted by Crippen LogP contribution is 2.48. The van der Waals surface area contributed by atoms with Crippen molar-refractivity contribution in [3.63, 3.8) is 0 Å². The van der Waals surface area contributed by atoms with Gasteiger partial charge in [0, 0.05) is 113 Å². The monoisotopic (exact) mass is 1970 g/mol. The molecule has 27 nitrogen and oxygen atoms in total. The molecule has 0 spiro atoms. The number of aromatic nitrogens is 9. The van der Waals surface area contributed by atoms with Crippen LogP contribution in [0.25, 0.3) is 83.9 Å². The molecule has 3 aromatic carbocycles. The summed E-state index contributed by atoms with van der Waals surface area (Å²) in [7, 11) is 0. The zero-order valence-electron chi connectivity index (χ0n) is 73.2. The molecule has 6 N–H and O–H groups in total. The standard InChI is InChI=1S/3C31H26Cl2F3N7O2/c3*1-5-19(44)41-8-10-42(11-9-41)29-16-12-18(32)27(20-22(34)23(35)21(33)24(36)25(20)38)40-30(16)43(31(45)17(29)13-37)28-15(4)6-7-39-26(28)14(2)3/h3*5-7,12,14H,1,8-11,38H2,2-4H3. The maximum absolute atomic E-state index is 15.4. The number of amides is 3. The lowest BCUT2D eigenvalue weighted by atomic mass is 10.0. The second-order valence-electron chi connectivity index (χ2n) is 32.2. The number of nitriles is 3. The third kappa shape index (κ3) is 17.5. The van der Waals surface area contributed by atoms with E-state index in [-0.39, 0.29) is 196 Å². The number of aryl methyl sites for hydroxylation is 3. The smallest absolute Gasteiger partial charge is 0.276 e. The minimum atomic E-state index is -1.69. The van der Waals surface area contributed by atoms with E-state index < -0.39 is 135 Å². The molecule has 135 heavy (non-hydrogen) atoms. The van der Waals surface area contributed by atoms with Gasteiger partial charge in [0.25, 0.3) is 16.7 Å². The number of fused-ring (bicyclic) bond motifs is 3. The van der Waals surface area contributed by atoms with Crippen LogP contribution in [-0.2, 0) is 14.4 Å². The summed E-state index contributed by atoms with van der Waals surface area (Å²) in [6.07, 6.45) is 8.35. The zero-order valence-corrected chi connectivity index (χ0v) is 77.7. The van der Waals surface area contributed by atoms with Crippen molar-refractivity contribution in [1.29, 1.82) is 15.8 Å². The van der Waals surface area contributed by atoms with Gasteiger partial charge in [-0.2, -0.15) is 15.8 Å². The largest absolute Gasteiger partial charge is 0.396 e. The Morgan fingerprint density at radius 3 is 0.800 bits per heavy atom. The van der Waals surface area contributed by atoms with Crippen LogP contribution in [0.2, 0.25) is 30.1 Å². The summed E-state index contributed by atoms with van der Waals surface area (Å²) in [5.74, 6) is -15.4. The van der Waals surface area contributed by atoms with E-state index >= 15 is 13.2 Å². The number of carbonyl (C=O) groups excluding carboxylic acids is 3. The fraction of sp³-hybridized carbons (Fsp3) is 0.258. The van der Waals surface area contributed by atoms with Crippen LogP contribution in [0.1, 0.15) is 110 Å².